The summed E-state index contributed by atoms with van der Waals surface area (Å²) < 4.78 is 5.23. The van der Waals surface area contributed by atoms with Crippen LogP contribution in [0.1, 0.15) is 49.8 Å². The van der Waals surface area contributed by atoms with E-state index in [9.17, 15) is 15.0 Å². The number of ketones is 1. The fourth-order valence-electron chi connectivity index (χ4n) is 4.16. The largest absolute Gasteiger partial charge is 0.504 e. The van der Waals surface area contributed by atoms with Crippen molar-refractivity contribution < 1.29 is 19.7 Å². The molecule has 2 aliphatic rings. The third-order valence-electron chi connectivity index (χ3n) is 5.38. The van der Waals surface area contributed by atoms with Crippen LogP contribution in [0, 0.1) is 5.92 Å². The molecule has 0 amide bonds. The summed E-state index contributed by atoms with van der Waals surface area (Å²) in [5, 5.41) is 26.8. The molecule has 0 saturated carbocycles. The second-order valence-electron chi connectivity index (χ2n) is 7.37. The SMILES string of the molecule is CC.CNC.COC1=CC2CC(Nc3ccccc3)c3ccc(O)c(O)c3C2CC1=O. The predicted molar refractivity (Wildman–Crippen MR) is 124 cm³/mol. The zero-order valence-electron chi connectivity index (χ0n) is 19.0. The molecule has 31 heavy (non-hydrogen) atoms. The minimum Gasteiger partial charge on any atom is -0.504 e. The number of para-hydroxylation sites is 1. The average molecular weight is 427 g/mol. The van der Waals surface area contributed by atoms with Crippen LogP contribution in [0.5, 0.6) is 11.5 Å². The summed E-state index contributed by atoms with van der Waals surface area (Å²) in [6.45, 7) is 4.00. The first kappa shape index (κ1) is 24.3. The smallest absolute Gasteiger partial charge is 0.197 e. The molecule has 3 unspecified atom stereocenters. The molecular formula is C25H34N2O4. The lowest BCUT2D eigenvalue weighted by atomic mass is 9.68. The molecule has 6 nitrogen and oxygen atoms in total. The van der Waals surface area contributed by atoms with Gasteiger partial charge in [-0.15, -0.1) is 0 Å². The number of phenolic OH excluding ortho intramolecular Hbond substituents is 2. The Hall–Kier alpha value is -2.99. The predicted octanol–water partition coefficient (Wildman–Crippen LogP) is 4.72. The van der Waals surface area contributed by atoms with Gasteiger partial charge in [0.2, 0.25) is 0 Å². The quantitative estimate of drug-likeness (QED) is 0.531. The number of aromatic hydroxyl groups is 2. The standard InChI is InChI=1S/C21H21NO4.C2H7N.C2H6/c1-26-19-10-12-9-16(22-13-5-3-2-4-6-13)14-7-8-17(23)21(25)20(14)15(12)11-18(19)24;1-3-2;1-2/h2-8,10,12,15-16,22-23,25H,9,11H2,1H3;3H,1-2H3;1-2H3. The van der Waals surface area contributed by atoms with Crippen LogP contribution in [0.25, 0.3) is 0 Å². The Morgan fingerprint density at radius 2 is 1.68 bits per heavy atom. The van der Waals surface area contributed by atoms with E-state index in [0.717, 1.165) is 17.7 Å². The van der Waals surface area contributed by atoms with Gasteiger partial charge >= 0.3 is 0 Å². The van der Waals surface area contributed by atoms with Crippen LogP contribution in [0.15, 0.2) is 54.3 Å². The zero-order valence-corrected chi connectivity index (χ0v) is 19.0. The lowest BCUT2D eigenvalue weighted by molar-refractivity contribution is -0.119. The summed E-state index contributed by atoms with van der Waals surface area (Å²) in [6.07, 6.45) is 2.91. The number of ether oxygens (including phenoxy) is 1. The van der Waals surface area contributed by atoms with Gasteiger partial charge < -0.3 is 25.6 Å². The molecule has 6 heteroatoms. The average Bonchev–Trinajstić information content (AvgIpc) is 2.78. The highest BCUT2D eigenvalue weighted by molar-refractivity contribution is 5.95. The summed E-state index contributed by atoms with van der Waals surface area (Å²) in [4.78, 5) is 12.3. The fourth-order valence-corrected chi connectivity index (χ4v) is 4.16. The Morgan fingerprint density at radius 3 is 2.29 bits per heavy atom. The molecule has 4 N–H and O–H groups in total. The maximum atomic E-state index is 12.3. The maximum absolute atomic E-state index is 12.3. The number of fused-ring (bicyclic) bond motifs is 3. The van der Waals surface area contributed by atoms with Crippen molar-refractivity contribution in [3.63, 3.8) is 0 Å². The number of methoxy groups -OCH3 is 1. The first-order valence-electron chi connectivity index (χ1n) is 10.7. The molecule has 2 aromatic rings. The molecule has 0 heterocycles. The van der Waals surface area contributed by atoms with Crippen LogP contribution in [0.2, 0.25) is 0 Å². The van der Waals surface area contributed by atoms with Gasteiger partial charge in [0, 0.05) is 23.6 Å². The van der Waals surface area contributed by atoms with Gasteiger partial charge in [0.15, 0.2) is 23.0 Å². The topological polar surface area (TPSA) is 90.8 Å². The summed E-state index contributed by atoms with van der Waals surface area (Å²) in [5.74, 6) is -0.0814. The third-order valence-corrected chi connectivity index (χ3v) is 5.38. The number of carbonyl (C=O) groups excluding carboxylic acids is 1. The van der Waals surface area contributed by atoms with Gasteiger partial charge in [-0.2, -0.15) is 0 Å². The first-order chi connectivity index (χ1) is 15.0. The second kappa shape index (κ2) is 11.4. The Morgan fingerprint density at radius 1 is 1.03 bits per heavy atom. The van der Waals surface area contributed by atoms with Gasteiger partial charge in [0.05, 0.1) is 13.2 Å². The van der Waals surface area contributed by atoms with Crippen LogP contribution in [-0.2, 0) is 9.53 Å². The fraction of sp³-hybridized carbons (Fsp3) is 0.400. The number of benzene rings is 2. The Kier molecular flexibility index (Phi) is 8.94. The minimum absolute atomic E-state index is 0.0392. The lowest BCUT2D eigenvalue weighted by Crippen LogP contribution is -2.32. The number of phenols is 2. The highest BCUT2D eigenvalue weighted by atomic mass is 16.5. The Labute approximate surface area is 185 Å². The molecule has 4 rings (SSSR count). The van der Waals surface area contributed by atoms with E-state index < -0.39 is 0 Å². The Balaban J connectivity index is 0.000000630. The van der Waals surface area contributed by atoms with Crippen LogP contribution in [0.4, 0.5) is 5.69 Å². The molecule has 0 fully saturated rings. The third kappa shape index (κ3) is 5.39. The van der Waals surface area contributed by atoms with Crippen molar-refractivity contribution in [3.05, 3.63) is 65.4 Å². The molecule has 2 aromatic carbocycles. The zero-order chi connectivity index (χ0) is 23.0. The van der Waals surface area contributed by atoms with E-state index in [1.54, 1.807) is 0 Å². The number of nitrogens with one attached hydrogen (secondary N) is 2. The molecule has 3 atom stereocenters. The minimum atomic E-state index is -0.156. The van der Waals surface area contributed by atoms with E-state index in [0.29, 0.717) is 11.3 Å². The molecule has 0 spiro atoms. The summed E-state index contributed by atoms with van der Waals surface area (Å²) in [5.41, 5.74) is 2.57. The Bertz CT molecular complexity index is 896. The van der Waals surface area contributed by atoms with Crippen molar-refractivity contribution in [1.82, 2.24) is 5.32 Å². The number of Topliss-reactive ketones (excluding diaryl/α,β-unsaturated/α-hetero) is 1. The molecule has 2 aliphatic carbocycles. The van der Waals surface area contributed by atoms with Crippen molar-refractivity contribution in [1.29, 1.82) is 0 Å². The summed E-state index contributed by atoms with van der Waals surface area (Å²) in [7, 11) is 5.25. The second-order valence-corrected chi connectivity index (χ2v) is 7.37. The van der Waals surface area contributed by atoms with Crippen molar-refractivity contribution in [3.8, 4) is 11.5 Å². The van der Waals surface area contributed by atoms with E-state index >= 15 is 0 Å². The highest BCUT2D eigenvalue weighted by Gasteiger charge is 2.41. The molecule has 0 aliphatic heterocycles. The van der Waals surface area contributed by atoms with Crippen LogP contribution in [-0.4, -0.2) is 37.2 Å². The molecule has 0 aromatic heterocycles. The molecule has 0 bridgehead atoms. The van der Waals surface area contributed by atoms with E-state index in [1.807, 2.05) is 70.4 Å². The van der Waals surface area contributed by atoms with E-state index in [2.05, 4.69) is 10.6 Å². The summed E-state index contributed by atoms with van der Waals surface area (Å²) in [6, 6.07) is 13.2. The van der Waals surface area contributed by atoms with Crippen LogP contribution in [0.3, 0.4) is 0 Å². The number of allylic oxidation sites excluding steroid dienone is 2. The van der Waals surface area contributed by atoms with Gasteiger partial charge in [0.25, 0.3) is 0 Å². The maximum Gasteiger partial charge on any atom is 0.197 e. The van der Waals surface area contributed by atoms with Gasteiger partial charge in [-0.3, -0.25) is 4.79 Å². The van der Waals surface area contributed by atoms with E-state index in [1.165, 1.54) is 13.2 Å². The van der Waals surface area contributed by atoms with Gasteiger partial charge in [-0.1, -0.05) is 38.1 Å². The van der Waals surface area contributed by atoms with Gasteiger partial charge in [-0.05, 0) is 56.3 Å². The summed E-state index contributed by atoms with van der Waals surface area (Å²) >= 11 is 0. The number of carbonyl (C=O) groups is 1. The van der Waals surface area contributed by atoms with Crippen molar-refractivity contribution in [2.24, 2.45) is 5.92 Å². The van der Waals surface area contributed by atoms with Crippen molar-refractivity contribution in [2.45, 2.75) is 38.6 Å². The highest BCUT2D eigenvalue weighted by Crippen LogP contribution is 2.52. The number of anilines is 1. The molecular weight excluding hydrogens is 392 g/mol. The molecule has 168 valence electrons. The first-order valence-corrected chi connectivity index (χ1v) is 10.7. The van der Waals surface area contributed by atoms with Crippen molar-refractivity contribution in [2.75, 3.05) is 26.5 Å². The van der Waals surface area contributed by atoms with E-state index in [4.69, 9.17) is 4.74 Å². The number of hydrogen-bond donors (Lipinski definition) is 4. The number of rotatable bonds is 3. The van der Waals surface area contributed by atoms with Gasteiger partial charge in [0.1, 0.15) is 0 Å². The monoisotopic (exact) mass is 426 g/mol. The molecule has 0 radical (unpaired) electrons. The number of hydrogen-bond acceptors (Lipinski definition) is 6. The van der Waals surface area contributed by atoms with Crippen LogP contribution < -0.4 is 10.6 Å². The van der Waals surface area contributed by atoms with Gasteiger partial charge in [-0.25, -0.2) is 0 Å². The van der Waals surface area contributed by atoms with Crippen molar-refractivity contribution >= 4 is 11.5 Å². The van der Waals surface area contributed by atoms with E-state index in [-0.39, 0.29) is 41.6 Å². The normalized spacial score (nSPS) is 21.1. The van der Waals surface area contributed by atoms with Crippen LogP contribution >= 0.6 is 0 Å². The molecule has 0 saturated heterocycles. The lowest BCUT2D eigenvalue weighted by Gasteiger charge is -2.39.